The maximum atomic E-state index is 13.2. The highest BCUT2D eigenvalue weighted by atomic mass is 16.5. The molecule has 0 spiro atoms. The van der Waals surface area contributed by atoms with Crippen LogP contribution in [0.2, 0.25) is 0 Å². The summed E-state index contributed by atoms with van der Waals surface area (Å²) >= 11 is 0. The van der Waals surface area contributed by atoms with E-state index in [9.17, 15) is 9.59 Å². The first-order valence-corrected chi connectivity index (χ1v) is 12.4. The molecule has 0 saturated carbocycles. The summed E-state index contributed by atoms with van der Waals surface area (Å²) in [6.45, 7) is 2.81. The number of urea groups is 1. The number of anilines is 2. The number of amides is 3. The summed E-state index contributed by atoms with van der Waals surface area (Å²) < 4.78 is 11.4. The zero-order valence-electron chi connectivity index (χ0n) is 21.3. The Balaban J connectivity index is 1.36. The molecule has 4 aromatic carbocycles. The van der Waals surface area contributed by atoms with Crippen LogP contribution in [0, 0.1) is 6.92 Å². The average molecular weight is 510 g/mol. The Bertz CT molecular complexity index is 1290. The molecule has 194 valence electrons. The Kier molecular flexibility index (Phi) is 9.48. The topological polar surface area (TPSA) is 79.9 Å². The van der Waals surface area contributed by atoms with Gasteiger partial charge in [0, 0.05) is 24.5 Å². The lowest BCUT2D eigenvalue weighted by atomic mass is 10.2. The number of nitrogens with one attached hydrogen (secondary N) is 2. The Morgan fingerprint density at radius 1 is 0.763 bits per heavy atom. The molecule has 3 amide bonds. The normalized spacial score (nSPS) is 10.4. The summed E-state index contributed by atoms with van der Waals surface area (Å²) in [5.74, 6) is 1.14. The van der Waals surface area contributed by atoms with Gasteiger partial charge in [0.15, 0.2) is 0 Å². The van der Waals surface area contributed by atoms with Gasteiger partial charge in [-0.3, -0.25) is 9.69 Å². The van der Waals surface area contributed by atoms with Crippen molar-refractivity contribution in [3.63, 3.8) is 0 Å². The summed E-state index contributed by atoms with van der Waals surface area (Å²) in [5, 5.41) is 5.76. The number of ether oxygens (including phenoxy) is 2. The van der Waals surface area contributed by atoms with Crippen LogP contribution in [-0.4, -0.2) is 31.6 Å². The fourth-order valence-corrected chi connectivity index (χ4v) is 3.69. The first kappa shape index (κ1) is 26.4. The van der Waals surface area contributed by atoms with Crippen LogP contribution in [0.3, 0.4) is 0 Å². The minimum atomic E-state index is -0.305. The van der Waals surface area contributed by atoms with Crippen LogP contribution in [0.15, 0.2) is 109 Å². The largest absolute Gasteiger partial charge is 0.457 e. The van der Waals surface area contributed by atoms with Crippen molar-refractivity contribution in [2.75, 3.05) is 29.9 Å². The molecule has 0 aromatic heterocycles. The van der Waals surface area contributed by atoms with Gasteiger partial charge in [0.2, 0.25) is 5.91 Å². The third-order valence-corrected chi connectivity index (χ3v) is 5.68. The second kappa shape index (κ2) is 13.6. The van der Waals surface area contributed by atoms with E-state index in [4.69, 9.17) is 9.47 Å². The minimum Gasteiger partial charge on any atom is -0.457 e. The highest BCUT2D eigenvalue weighted by Gasteiger charge is 2.17. The molecular formula is C31H31N3O4. The van der Waals surface area contributed by atoms with Crippen molar-refractivity contribution in [3.05, 3.63) is 120 Å². The second-order valence-corrected chi connectivity index (χ2v) is 8.69. The van der Waals surface area contributed by atoms with Crippen molar-refractivity contribution >= 4 is 23.3 Å². The fraction of sp³-hybridized carbons (Fsp3) is 0.161. The van der Waals surface area contributed by atoms with Crippen molar-refractivity contribution in [1.29, 1.82) is 0 Å². The van der Waals surface area contributed by atoms with Gasteiger partial charge in [-0.2, -0.15) is 0 Å². The van der Waals surface area contributed by atoms with Crippen molar-refractivity contribution in [1.82, 2.24) is 5.32 Å². The third kappa shape index (κ3) is 8.21. The SMILES string of the molecule is Cc1ccc(NC(=O)N(CCNC(=O)COCc2ccccc2)c2ccc(Oc3ccccc3)cc2)cc1. The number of hydrogen-bond acceptors (Lipinski definition) is 4. The molecule has 0 atom stereocenters. The molecule has 0 fully saturated rings. The molecule has 4 aromatic rings. The number of hydrogen-bond donors (Lipinski definition) is 2. The van der Waals surface area contributed by atoms with Gasteiger partial charge in [-0.05, 0) is 61.0 Å². The quantitative estimate of drug-likeness (QED) is 0.254. The molecule has 7 heteroatoms. The van der Waals surface area contributed by atoms with E-state index in [-0.39, 0.29) is 31.6 Å². The number of para-hydroxylation sites is 1. The van der Waals surface area contributed by atoms with Crippen molar-refractivity contribution in [2.24, 2.45) is 0 Å². The van der Waals surface area contributed by atoms with Gasteiger partial charge < -0.3 is 20.1 Å². The molecule has 0 bridgehead atoms. The van der Waals surface area contributed by atoms with Gasteiger partial charge in [-0.25, -0.2) is 4.79 Å². The van der Waals surface area contributed by atoms with Gasteiger partial charge in [-0.15, -0.1) is 0 Å². The lowest BCUT2D eigenvalue weighted by molar-refractivity contribution is -0.126. The first-order valence-electron chi connectivity index (χ1n) is 12.4. The number of nitrogens with zero attached hydrogens (tertiary/aromatic N) is 1. The highest BCUT2D eigenvalue weighted by molar-refractivity contribution is 6.01. The number of carbonyl (C=O) groups excluding carboxylic acids is 2. The molecule has 0 aliphatic heterocycles. The van der Waals surface area contributed by atoms with E-state index in [1.54, 1.807) is 4.90 Å². The van der Waals surface area contributed by atoms with E-state index >= 15 is 0 Å². The molecule has 0 aliphatic carbocycles. The standard InChI is InChI=1S/C31H31N3O4/c1-24-12-14-26(15-13-24)33-31(36)34(21-20-32-30(35)23-37-22-25-8-4-2-5-9-25)27-16-18-29(19-17-27)38-28-10-6-3-7-11-28/h2-19H,20-23H2,1H3,(H,32,35)(H,33,36). The molecule has 4 rings (SSSR count). The number of carbonyl (C=O) groups is 2. The van der Waals surface area contributed by atoms with Crippen LogP contribution in [0.1, 0.15) is 11.1 Å². The molecule has 0 saturated heterocycles. The number of rotatable bonds is 11. The Morgan fingerprint density at radius 3 is 2.08 bits per heavy atom. The Hall–Kier alpha value is -4.62. The maximum absolute atomic E-state index is 13.2. The van der Waals surface area contributed by atoms with E-state index < -0.39 is 0 Å². The molecule has 0 heterocycles. The lowest BCUT2D eigenvalue weighted by Gasteiger charge is -2.24. The van der Waals surface area contributed by atoms with Crippen molar-refractivity contribution in [3.8, 4) is 11.5 Å². The Morgan fingerprint density at radius 2 is 1.39 bits per heavy atom. The van der Waals surface area contributed by atoms with E-state index in [0.717, 1.165) is 16.9 Å². The van der Waals surface area contributed by atoms with Crippen LogP contribution in [0.25, 0.3) is 0 Å². The van der Waals surface area contributed by atoms with E-state index in [0.29, 0.717) is 23.7 Å². The predicted molar refractivity (Wildman–Crippen MR) is 150 cm³/mol. The fourth-order valence-electron chi connectivity index (χ4n) is 3.69. The highest BCUT2D eigenvalue weighted by Crippen LogP contribution is 2.25. The van der Waals surface area contributed by atoms with Gasteiger partial charge in [0.1, 0.15) is 18.1 Å². The molecule has 0 unspecified atom stereocenters. The molecule has 2 N–H and O–H groups in total. The van der Waals surface area contributed by atoms with E-state index in [2.05, 4.69) is 10.6 Å². The van der Waals surface area contributed by atoms with Crippen LogP contribution < -0.4 is 20.3 Å². The van der Waals surface area contributed by atoms with Crippen LogP contribution >= 0.6 is 0 Å². The van der Waals surface area contributed by atoms with Crippen LogP contribution in [-0.2, 0) is 16.1 Å². The zero-order chi connectivity index (χ0) is 26.6. The first-order chi connectivity index (χ1) is 18.6. The molecule has 7 nitrogen and oxygen atoms in total. The predicted octanol–water partition coefficient (Wildman–Crippen LogP) is 6.16. The van der Waals surface area contributed by atoms with Gasteiger partial charge in [0.05, 0.1) is 6.61 Å². The molecule has 38 heavy (non-hydrogen) atoms. The molecule has 0 radical (unpaired) electrons. The minimum absolute atomic E-state index is 0.0595. The second-order valence-electron chi connectivity index (χ2n) is 8.69. The number of aryl methyl sites for hydroxylation is 1. The van der Waals surface area contributed by atoms with Crippen molar-refractivity contribution < 1.29 is 19.1 Å². The average Bonchev–Trinajstić information content (AvgIpc) is 2.94. The number of benzene rings is 4. The van der Waals surface area contributed by atoms with E-state index in [1.165, 1.54) is 0 Å². The molecule has 0 aliphatic rings. The summed E-state index contributed by atoms with van der Waals surface area (Å²) in [4.78, 5) is 27.1. The van der Waals surface area contributed by atoms with E-state index in [1.807, 2.05) is 116 Å². The van der Waals surface area contributed by atoms with Crippen molar-refractivity contribution in [2.45, 2.75) is 13.5 Å². The summed E-state index contributed by atoms with van der Waals surface area (Å²) in [6.07, 6.45) is 0. The zero-order valence-corrected chi connectivity index (χ0v) is 21.3. The summed E-state index contributed by atoms with van der Waals surface area (Å²) in [5.41, 5.74) is 3.46. The summed E-state index contributed by atoms with van der Waals surface area (Å²) in [7, 11) is 0. The van der Waals surface area contributed by atoms with Crippen LogP contribution in [0.5, 0.6) is 11.5 Å². The molecular weight excluding hydrogens is 478 g/mol. The van der Waals surface area contributed by atoms with Gasteiger partial charge >= 0.3 is 6.03 Å². The maximum Gasteiger partial charge on any atom is 0.326 e. The Labute approximate surface area is 223 Å². The van der Waals surface area contributed by atoms with Gasteiger partial charge in [-0.1, -0.05) is 66.2 Å². The van der Waals surface area contributed by atoms with Gasteiger partial charge in [0.25, 0.3) is 0 Å². The third-order valence-electron chi connectivity index (χ3n) is 5.68. The lowest BCUT2D eigenvalue weighted by Crippen LogP contribution is -2.41. The summed E-state index contributed by atoms with van der Waals surface area (Å²) in [6, 6.07) is 33.7. The van der Waals surface area contributed by atoms with Crippen LogP contribution in [0.4, 0.5) is 16.2 Å². The smallest absolute Gasteiger partial charge is 0.326 e. The monoisotopic (exact) mass is 509 g/mol.